The lowest BCUT2D eigenvalue weighted by molar-refractivity contribution is -0.134. The Labute approximate surface area is 92.9 Å². The van der Waals surface area contributed by atoms with Crippen molar-refractivity contribution in [3.05, 3.63) is 35.9 Å². The maximum atomic E-state index is 10.4. The van der Waals surface area contributed by atoms with Crippen molar-refractivity contribution in [2.24, 2.45) is 0 Å². The highest BCUT2D eigenvalue weighted by Crippen LogP contribution is 2.19. The van der Waals surface area contributed by atoms with Gasteiger partial charge >= 0.3 is 5.97 Å². The SMILES string of the molecule is Cc1cc(NCC(=O)O)nc2ccccc12. The second kappa shape index (κ2) is 4.18. The molecule has 0 amide bonds. The molecule has 1 aromatic carbocycles. The lowest BCUT2D eigenvalue weighted by atomic mass is 10.1. The summed E-state index contributed by atoms with van der Waals surface area (Å²) >= 11 is 0. The number of para-hydroxylation sites is 1. The van der Waals surface area contributed by atoms with Crippen LogP contribution >= 0.6 is 0 Å². The Balaban J connectivity index is 2.38. The van der Waals surface area contributed by atoms with Gasteiger partial charge in [-0.2, -0.15) is 0 Å². The summed E-state index contributed by atoms with van der Waals surface area (Å²) in [4.78, 5) is 14.8. The average molecular weight is 216 g/mol. The molecule has 1 aromatic heterocycles. The predicted molar refractivity (Wildman–Crippen MR) is 62.6 cm³/mol. The van der Waals surface area contributed by atoms with Crippen molar-refractivity contribution in [2.45, 2.75) is 6.92 Å². The van der Waals surface area contributed by atoms with Crippen LogP contribution in [0.2, 0.25) is 0 Å². The summed E-state index contributed by atoms with van der Waals surface area (Å²) in [5.74, 6) is -0.300. The number of carbonyl (C=O) groups is 1. The highest BCUT2D eigenvalue weighted by Gasteiger charge is 2.03. The molecule has 0 aliphatic heterocycles. The smallest absolute Gasteiger partial charge is 0.322 e. The minimum absolute atomic E-state index is 0.120. The first-order valence-electron chi connectivity index (χ1n) is 4.99. The van der Waals surface area contributed by atoms with E-state index in [1.165, 1.54) is 0 Å². The average Bonchev–Trinajstić information content (AvgIpc) is 2.26. The first-order valence-corrected chi connectivity index (χ1v) is 4.99. The fraction of sp³-hybridized carbons (Fsp3) is 0.167. The van der Waals surface area contributed by atoms with E-state index in [-0.39, 0.29) is 6.54 Å². The number of pyridine rings is 1. The Morgan fingerprint density at radius 3 is 2.94 bits per heavy atom. The van der Waals surface area contributed by atoms with Gasteiger partial charge in [0.05, 0.1) is 5.52 Å². The van der Waals surface area contributed by atoms with Crippen molar-refractivity contribution in [1.82, 2.24) is 4.98 Å². The highest BCUT2D eigenvalue weighted by molar-refractivity contribution is 5.84. The maximum absolute atomic E-state index is 10.4. The van der Waals surface area contributed by atoms with Gasteiger partial charge in [-0.25, -0.2) is 4.98 Å². The Bertz CT molecular complexity index is 538. The monoisotopic (exact) mass is 216 g/mol. The Kier molecular flexibility index (Phi) is 2.72. The van der Waals surface area contributed by atoms with E-state index in [0.29, 0.717) is 5.82 Å². The first-order chi connectivity index (χ1) is 7.66. The molecule has 2 rings (SSSR count). The van der Waals surface area contributed by atoms with Crippen LogP contribution in [0.3, 0.4) is 0 Å². The van der Waals surface area contributed by atoms with Gasteiger partial charge in [-0.3, -0.25) is 4.79 Å². The van der Waals surface area contributed by atoms with Crippen LogP contribution < -0.4 is 5.32 Å². The standard InChI is InChI=1S/C12H12N2O2/c1-8-6-11(13-7-12(15)16)14-10-5-3-2-4-9(8)10/h2-6H,7H2,1H3,(H,13,14)(H,15,16). The van der Waals surface area contributed by atoms with E-state index in [4.69, 9.17) is 5.11 Å². The number of aromatic nitrogens is 1. The van der Waals surface area contributed by atoms with E-state index in [9.17, 15) is 4.79 Å². The van der Waals surface area contributed by atoms with E-state index < -0.39 is 5.97 Å². The van der Waals surface area contributed by atoms with Gasteiger partial charge in [0.2, 0.25) is 0 Å². The number of nitrogens with zero attached hydrogens (tertiary/aromatic N) is 1. The van der Waals surface area contributed by atoms with Crippen LogP contribution in [0.25, 0.3) is 10.9 Å². The number of aliphatic carboxylic acids is 1. The third-order valence-electron chi connectivity index (χ3n) is 2.34. The molecule has 4 heteroatoms. The van der Waals surface area contributed by atoms with Crippen LogP contribution in [0.1, 0.15) is 5.56 Å². The molecule has 16 heavy (non-hydrogen) atoms. The highest BCUT2D eigenvalue weighted by atomic mass is 16.4. The molecule has 2 aromatic rings. The Morgan fingerprint density at radius 1 is 1.44 bits per heavy atom. The molecular formula is C12H12N2O2. The van der Waals surface area contributed by atoms with Crippen molar-refractivity contribution in [2.75, 3.05) is 11.9 Å². The second-order valence-electron chi connectivity index (χ2n) is 3.59. The van der Waals surface area contributed by atoms with Gasteiger partial charge in [0.1, 0.15) is 12.4 Å². The first kappa shape index (κ1) is 10.4. The summed E-state index contributed by atoms with van der Waals surface area (Å²) in [5.41, 5.74) is 1.95. The molecule has 0 fully saturated rings. The summed E-state index contributed by atoms with van der Waals surface area (Å²) in [6, 6.07) is 9.63. The van der Waals surface area contributed by atoms with Crippen LogP contribution in [0.5, 0.6) is 0 Å². The number of carboxylic acids is 1. The molecule has 0 aliphatic carbocycles. The van der Waals surface area contributed by atoms with Crippen molar-refractivity contribution < 1.29 is 9.90 Å². The van der Waals surface area contributed by atoms with Gasteiger partial charge in [0.25, 0.3) is 0 Å². The van der Waals surface area contributed by atoms with Crippen LogP contribution in [0.4, 0.5) is 5.82 Å². The molecule has 0 saturated carbocycles. The minimum Gasteiger partial charge on any atom is -0.480 e. The van der Waals surface area contributed by atoms with Gasteiger partial charge in [-0.1, -0.05) is 18.2 Å². The summed E-state index contributed by atoms with van der Waals surface area (Å²) in [6.07, 6.45) is 0. The quantitative estimate of drug-likeness (QED) is 0.824. The number of nitrogens with one attached hydrogen (secondary N) is 1. The number of fused-ring (bicyclic) bond motifs is 1. The number of rotatable bonds is 3. The summed E-state index contributed by atoms with van der Waals surface area (Å²) in [5, 5.41) is 12.4. The van der Waals surface area contributed by atoms with Gasteiger partial charge in [0, 0.05) is 5.39 Å². The topological polar surface area (TPSA) is 62.2 Å². The van der Waals surface area contributed by atoms with E-state index in [1.807, 2.05) is 37.3 Å². The normalized spacial score (nSPS) is 10.3. The van der Waals surface area contributed by atoms with Crippen LogP contribution in [-0.2, 0) is 4.79 Å². The van der Waals surface area contributed by atoms with Crippen molar-refractivity contribution >= 4 is 22.7 Å². The van der Waals surface area contributed by atoms with E-state index in [2.05, 4.69) is 10.3 Å². The van der Waals surface area contributed by atoms with Crippen LogP contribution in [-0.4, -0.2) is 22.6 Å². The molecule has 0 atom stereocenters. The van der Waals surface area contributed by atoms with E-state index in [0.717, 1.165) is 16.5 Å². The molecule has 0 unspecified atom stereocenters. The fourth-order valence-corrected chi connectivity index (χ4v) is 1.61. The third-order valence-corrected chi connectivity index (χ3v) is 2.34. The van der Waals surface area contributed by atoms with E-state index in [1.54, 1.807) is 0 Å². The van der Waals surface area contributed by atoms with Crippen LogP contribution in [0.15, 0.2) is 30.3 Å². The zero-order valence-corrected chi connectivity index (χ0v) is 8.90. The van der Waals surface area contributed by atoms with Gasteiger partial charge in [-0.15, -0.1) is 0 Å². The molecule has 0 aliphatic rings. The maximum Gasteiger partial charge on any atom is 0.322 e. The third kappa shape index (κ3) is 2.11. The van der Waals surface area contributed by atoms with Crippen molar-refractivity contribution in [1.29, 1.82) is 0 Å². The molecular weight excluding hydrogens is 204 g/mol. The summed E-state index contributed by atoms with van der Waals surface area (Å²) < 4.78 is 0. The van der Waals surface area contributed by atoms with Gasteiger partial charge < -0.3 is 10.4 Å². The molecule has 82 valence electrons. The Hall–Kier alpha value is -2.10. The minimum atomic E-state index is -0.896. The Morgan fingerprint density at radius 2 is 2.19 bits per heavy atom. The zero-order valence-electron chi connectivity index (χ0n) is 8.90. The molecule has 0 spiro atoms. The zero-order chi connectivity index (χ0) is 11.5. The number of carboxylic acid groups (broad SMARTS) is 1. The molecule has 0 radical (unpaired) electrons. The number of hydrogen-bond acceptors (Lipinski definition) is 3. The number of aryl methyl sites for hydroxylation is 1. The number of anilines is 1. The van der Waals surface area contributed by atoms with Gasteiger partial charge in [-0.05, 0) is 24.6 Å². The van der Waals surface area contributed by atoms with Gasteiger partial charge in [0.15, 0.2) is 0 Å². The second-order valence-corrected chi connectivity index (χ2v) is 3.59. The summed E-state index contributed by atoms with van der Waals surface area (Å²) in [7, 11) is 0. The van der Waals surface area contributed by atoms with Crippen molar-refractivity contribution in [3.63, 3.8) is 0 Å². The predicted octanol–water partition coefficient (Wildman–Crippen LogP) is 2.04. The number of hydrogen-bond donors (Lipinski definition) is 2. The molecule has 2 N–H and O–H groups in total. The lowest BCUT2D eigenvalue weighted by Gasteiger charge is -2.06. The summed E-state index contributed by atoms with van der Waals surface area (Å²) in [6.45, 7) is 1.86. The van der Waals surface area contributed by atoms with Crippen molar-refractivity contribution in [3.8, 4) is 0 Å². The van der Waals surface area contributed by atoms with E-state index >= 15 is 0 Å². The molecule has 0 saturated heterocycles. The van der Waals surface area contributed by atoms with Crippen LogP contribution in [0, 0.1) is 6.92 Å². The largest absolute Gasteiger partial charge is 0.480 e. The fourth-order valence-electron chi connectivity index (χ4n) is 1.61. The molecule has 0 bridgehead atoms. The lowest BCUT2D eigenvalue weighted by Crippen LogP contribution is -2.13. The molecule has 4 nitrogen and oxygen atoms in total. The number of benzene rings is 1. The molecule has 1 heterocycles.